The van der Waals surface area contributed by atoms with Gasteiger partial charge in [0, 0.05) is 49.3 Å². The fraction of sp³-hybridized carbons (Fsp3) is 0.519. The summed E-state index contributed by atoms with van der Waals surface area (Å²) in [6, 6.07) is 11.0. The van der Waals surface area contributed by atoms with Crippen LogP contribution in [0.15, 0.2) is 41.5 Å². The molecule has 1 aromatic heterocycles. The summed E-state index contributed by atoms with van der Waals surface area (Å²) in [7, 11) is 0. The van der Waals surface area contributed by atoms with Crippen molar-refractivity contribution in [2.75, 3.05) is 32.9 Å². The van der Waals surface area contributed by atoms with Crippen molar-refractivity contribution in [3.63, 3.8) is 0 Å². The zero-order valence-corrected chi connectivity index (χ0v) is 21.9. The Morgan fingerprint density at radius 1 is 1.21 bits per heavy atom. The molecule has 1 aliphatic heterocycles. The Kier molecular flexibility index (Phi) is 11.0. The number of nitrogens with zero attached hydrogens (tertiary/aromatic N) is 5. The van der Waals surface area contributed by atoms with Gasteiger partial charge in [0.05, 0.1) is 32.1 Å². The second-order valence-electron chi connectivity index (χ2n) is 9.58. The van der Waals surface area contributed by atoms with Crippen molar-refractivity contribution >= 4 is 11.9 Å². The number of carboxylic acid groups (broad SMARTS) is 1. The van der Waals surface area contributed by atoms with Crippen LogP contribution in [0.5, 0.6) is 5.75 Å². The molecule has 0 unspecified atom stereocenters. The lowest BCUT2D eigenvalue weighted by molar-refractivity contribution is -0.147. The number of carbonyl (C=O) groups excluding carboxylic acids is 1. The molecule has 0 fully saturated rings. The minimum atomic E-state index is -3.11. The molecule has 1 amide bonds. The molecule has 210 valence electrons. The van der Waals surface area contributed by atoms with Crippen molar-refractivity contribution in [3.8, 4) is 5.75 Å². The van der Waals surface area contributed by atoms with Gasteiger partial charge in [0.2, 0.25) is 5.91 Å². The first-order valence-corrected chi connectivity index (χ1v) is 12.8. The summed E-state index contributed by atoms with van der Waals surface area (Å²) in [6.45, 7) is 1.51. The molecule has 1 aromatic carbocycles. The first-order chi connectivity index (χ1) is 18.6. The van der Waals surface area contributed by atoms with Crippen LogP contribution in [0.3, 0.4) is 0 Å². The molecule has 0 saturated carbocycles. The minimum absolute atomic E-state index is 0.0379. The van der Waals surface area contributed by atoms with E-state index in [0.29, 0.717) is 44.1 Å². The predicted octanol–water partition coefficient (Wildman–Crippen LogP) is 4.59. The van der Waals surface area contributed by atoms with Gasteiger partial charge in [-0.3, -0.25) is 14.6 Å². The highest BCUT2D eigenvalue weighted by molar-refractivity contribution is 5.84. The van der Waals surface area contributed by atoms with Gasteiger partial charge in [-0.05, 0) is 60.2 Å². The van der Waals surface area contributed by atoms with E-state index in [9.17, 15) is 23.5 Å². The first kappa shape index (κ1) is 29.8. The number of ether oxygens (including phenoxy) is 2. The molecule has 0 bridgehead atoms. The van der Waals surface area contributed by atoms with Crippen LogP contribution in [-0.4, -0.2) is 65.7 Å². The van der Waals surface area contributed by atoms with Crippen LogP contribution >= 0.6 is 0 Å². The van der Waals surface area contributed by atoms with Crippen molar-refractivity contribution in [2.24, 2.45) is 11.0 Å². The summed E-state index contributed by atoms with van der Waals surface area (Å²) in [5.41, 5.74) is 11.5. The molecule has 12 heteroatoms. The number of hydrogen-bond donors (Lipinski definition) is 1. The quantitative estimate of drug-likeness (QED) is 0.150. The maximum Gasteiger partial charge on any atom is 0.304 e. The van der Waals surface area contributed by atoms with Crippen molar-refractivity contribution in [1.82, 2.24) is 9.88 Å². The molecule has 39 heavy (non-hydrogen) atoms. The average Bonchev–Trinajstić information content (AvgIpc) is 2.98. The fourth-order valence-corrected chi connectivity index (χ4v) is 4.46. The minimum Gasteiger partial charge on any atom is -0.493 e. The Balaban J connectivity index is 1.57. The van der Waals surface area contributed by atoms with Gasteiger partial charge in [-0.2, -0.15) is 0 Å². The zero-order valence-electron chi connectivity index (χ0n) is 21.9. The number of fused-ring (bicyclic) bond motifs is 1. The van der Waals surface area contributed by atoms with E-state index >= 15 is 0 Å². The van der Waals surface area contributed by atoms with Crippen LogP contribution in [-0.2, 0) is 40.1 Å². The fourth-order valence-electron chi connectivity index (χ4n) is 4.46. The van der Waals surface area contributed by atoms with Gasteiger partial charge in [-0.25, -0.2) is 8.78 Å². The van der Waals surface area contributed by atoms with Gasteiger partial charge >= 0.3 is 5.97 Å². The molecule has 3 rings (SSSR count). The Bertz CT molecular complexity index is 1180. The Hall–Kier alpha value is -3.76. The highest BCUT2D eigenvalue weighted by atomic mass is 19.3. The van der Waals surface area contributed by atoms with Gasteiger partial charge in [0.25, 0.3) is 5.92 Å². The lowest BCUT2D eigenvalue weighted by Crippen LogP contribution is -2.41. The van der Waals surface area contributed by atoms with Crippen molar-refractivity contribution in [1.29, 1.82) is 0 Å². The standard InChI is InChI=1S/C27H33F2N5O5/c1-27(28,29)18-34-17-21-15-24(8-7-19(21)14-20(26(34)37)16-25(35)36)39-12-9-23-5-2-4-22(32-23)6-3-11-38-13-10-31-33-30/h2,4-5,7-8,15,20H,3,6,9-14,16-18H2,1H3,(H,35,36)/t20-/m0/s1. The van der Waals surface area contributed by atoms with Crippen LogP contribution in [0, 0.1) is 5.92 Å². The number of aromatic nitrogens is 1. The zero-order chi connectivity index (χ0) is 28.3. The number of aryl methyl sites for hydroxylation is 1. The van der Waals surface area contributed by atoms with Crippen LogP contribution in [0.25, 0.3) is 10.4 Å². The van der Waals surface area contributed by atoms with Crippen LogP contribution in [0.4, 0.5) is 8.78 Å². The molecule has 2 aromatic rings. The maximum absolute atomic E-state index is 13.8. The molecular formula is C27H33F2N5O5. The van der Waals surface area contributed by atoms with Gasteiger partial charge in [0.1, 0.15) is 5.75 Å². The summed E-state index contributed by atoms with van der Waals surface area (Å²) in [5, 5.41) is 12.6. The van der Waals surface area contributed by atoms with Gasteiger partial charge in [0.15, 0.2) is 0 Å². The number of carbonyl (C=O) groups is 2. The lowest BCUT2D eigenvalue weighted by atomic mass is 9.94. The third-order valence-electron chi connectivity index (χ3n) is 6.17. The summed E-state index contributed by atoms with van der Waals surface area (Å²) in [5.74, 6) is -5.20. The lowest BCUT2D eigenvalue weighted by Gasteiger charge is -2.26. The average molecular weight is 546 g/mol. The number of azide groups is 1. The number of alkyl halides is 2. The molecule has 0 spiro atoms. The number of hydrogen-bond acceptors (Lipinski definition) is 6. The Labute approximate surface area is 225 Å². The monoisotopic (exact) mass is 545 g/mol. The Morgan fingerprint density at radius 2 is 1.97 bits per heavy atom. The normalized spacial score (nSPS) is 15.3. The highest BCUT2D eigenvalue weighted by Crippen LogP contribution is 2.30. The summed E-state index contributed by atoms with van der Waals surface area (Å²) in [6.07, 6.45) is 1.84. The second-order valence-corrected chi connectivity index (χ2v) is 9.58. The van der Waals surface area contributed by atoms with Gasteiger partial charge in [-0.15, -0.1) is 0 Å². The summed E-state index contributed by atoms with van der Waals surface area (Å²) < 4.78 is 38.9. The van der Waals surface area contributed by atoms with Gasteiger partial charge < -0.3 is 19.5 Å². The molecule has 0 radical (unpaired) electrons. The molecule has 1 atom stereocenters. The molecule has 1 aliphatic rings. The number of aliphatic carboxylic acids is 1. The molecule has 10 nitrogen and oxygen atoms in total. The Morgan fingerprint density at radius 3 is 2.69 bits per heavy atom. The summed E-state index contributed by atoms with van der Waals surface area (Å²) in [4.78, 5) is 32.5. The predicted molar refractivity (Wildman–Crippen MR) is 139 cm³/mol. The van der Waals surface area contributed by atoms with E-state index in [1.807, 2.05) is 18.2 Å². The maximum atomic E-state index is 13.8. The second kappa shape index (κ2) is 14.4. The smallest absolute Gasteiger partial charge is 0.304 e. The number of benzene rings is 1. The first-order valence-electron chi connectivity index (χ1n) is 12.8. The number of rotatable bonds is 15. The highest BCUT2D eigenvalue weighted by Gasteiger charge is 2.35. The summed E-state index contributed by atoms with van der Waals surface area (Å²) >= 11 is 0. The van der Waals surface area contributed by atoms with Crippen LogP contribution in [0.2, 0.25) is 0 Å². The van der Waals surface area contributed by atoms with Crippen LogP contribution < -0.4 is 4.74 Å². The number of halogens is 2. The van der Waals surface area contributed by atoms with Crippen molar-refractivity contribution in [2.45, 2.75) is 51.5 Å². The number of amides is 1. The van der Waals surface area contributed by atoms with E-state index in [1.54, 1.807) is 18.2 Å². The SMILES string of the molecule is CC(F)(F)CN1Cc2cc(OCCc3cccc(CCCOCCN=[N+]=[N-])n3)ccc2C[C@@H](CC(=O)O)C1=O. The van der Waals surface area contributed by atoms with E-state index < -0.39 is 36.7 Å². The number of carboxylic acids is 1. The van der Waals surface area contributed by atoms with Crippen LogP contribution in [0.1, 0.15) is 42.3 Å². The topological polar surface area (TPSA) is 138 Å². The van der Waals surface area contributed by atoms with Crippen molar-refractivity contribution in [3.05, 3.63) is 69.4 Å². The number of pyridine rings is 1. The van der Waals surface area contributed by atoms with E-state index in [0.717, 1.165) is 41.6 Å². The molecule has 0 aliphatic carbocycles. The molecular weight excluding hydrogens is 512 g/mol. The third-order valence-corrected chi connectivity index (χ3v) is 6.17. The van der Waals surface area contributed by atoms with Gasteiger partial charge in [-0.1, -0.05) is 17.2 Å². The van der Waals surface area contributed by atoms with E-state index in [4.69, 9.17) is 15.0 Å². The van der Waals surface area contributed by atoms with Crippen molar-refractivity contribution < 1.29 is 33.0 Å². The molecule has 2 heterocycles. The molecule has 0 saturated heterocycles. The molecule has 1 N–H and O–H groups in total. The van der Waals surface area contributed by atoms with E-state index in [1.165, 1.54) is 0 Å². The van der Waals surface area contributed by atoms with E-state index in [-0.39, 0.29) is 13.0 Å². The largest absolute Gasteiger partial charge is 0.493 e. The third kappa shape index (κ3) is 10.1. The van der Waals surface area contributed by atoms with E-state index in [2.05, 4.69) is 15.0 Å².